The van der Waals surface area contributed by atoms with Gasteiger partial charge in [0.1, 0.15) is 0 Å². The molecule has 0 spiro atoms. The zero-order valence-electron chi connectivity index (χ0n) is 16.4. The molecule has 0 fully saturated rings. The minimum atomic E-state index is -0.319. The molecule has 0 atom stereocenters. The van der Waals surface area contributed by atoms with E-state index in [0.717, 1.165) is 16.5 Å². The maximum Gasteiger partial charge on any atom is 0.229 e. The number of ketones is 2. The number of hydrogen-bond acceptors (Lipinski definition) is 4. The average Bonchev–Trinajstić information content (AvgIpc) is 3.26. The van der Waals surface area contributed by atoms with Crippen LogP contribution in [0.5, 0.6) is 0 Å². The number of aromatic amines is 1. The molecular weight excluding hydrogens is 364 g/mol. The van der Waals surface area contributed by atoms with E-state index in [1.807, 2.05) is 51.2 Å². The number of H-pyrrole nitrogens is 1. The van der Waals surface area contributed by atoms with Crippen molar-refractivity contribution in [1.29, 1.82) is 0 Å². The van der Waals surface area contributed by atoms with Crippen molar-refractivity contribution in [1.82, 2.24) is 4.98 Å². The minimum Gasteiger partial charge on any atom is -0.436 e. The molecule has 2 heterocycles. The standard InChI is InChI=1S/C24H20N2O3/c1-24(2,3)26-23-18(16-12-25-17-11-7-6-8-13(16)17)19-20(27)14-9-4-5-10-15(14)21(28)22(19)29-23/h4-12,25-26H,1-3H3. The molecule has 2 aromatic heterocycles. The van der Waals surface area contributed by atoms with Crippen LogP contribution in [0.15, 0.2) is 59.1 Å². The molecule has 5 heteroatoms. The molecule has 2 N–H and O–H groups in total. The maximum absolute atomic E-state index is 13.4. The lowest BCUT2D eigenvalue weighted by Crippen LogP contribution is -2.26. The number of carbonyl (C=O) groups is 2. The van der Waals surface area contributed by atoms with E-state index in [1.165, 1.54) is 0 Å². The van der Waals surface area contributed by atoms with Crippen molar-refractivity contribution >= 4 is 28.4 Å². The number of rotatable bonds is 2. The number of furan rings is 1. The van der Waals surface area contributed by atoms with Gasteiger partial charge in [-0.1, -0.05) is 42.5 Å². The predicted octanol–water partition coefficient (Wildman–Crippen LogP) is 5.41. The smallest absolute Gasteiger partial charge is 0.229 e. The number of anilines is 1. The highest BCUT2D eigenvalue weighted by Gasteiger charge is 2.38. The van der Waals surface area contributed by atoms with Crippen LogP contribution in [-0.4, -0.2) is 22.1 Å². The van der Waals surface area contributed by atoms with E-state index < -0.39 is 0 Å². The minimum absolute atomic E-state index is 0.0979. The fraction of sp³-hybridized carbons (Fsp3) is 0.167. The molecule has 1 aliphatic rings. The Morgan fingerprint density at radius 2 is 1.48 bits per heavy atom. The number of fused-ring (bicyclic) bond motifs is 3. The molecular formula is C24H20N2O3. The first-order valence-corrected chi connectivity index (χ1v) is 9.55. The second kappa shape index (κ2) is 5.95. The summed E-state index contributed by atoms with van der Waals surface area (Å²) in [5.41, 5.74) is 3.21. The highest BCUT2D eigenvalue weighted by atomic mass is 16.4. The lowest BCUT2D eigenvalue weighted by atomic mass is 9.85. The number of aromatic nitrogens is 1. The van der Waals surface area contributed by atoms with Gasteiger partial charge in [-0.3, -0.25) is 9.59 Å². The lowest BCUT2D eigenvalue weighted by Gasteiger charge is -2.21. The summed E-state index contributed by atoms with van der Waals surface area (Å²) in [6.07, 6.45) is 1.86. The van der Waals surface area contributed by atoms with Gasteiger partial charge in [0, 0.05) is 39.3 Å². The highest BCUT2D eigenvalue weighted by Crippen LogP contribution is 2.44. The van der Waals surface area contributed by atoms with Gasteiger partial charge >= 0.3 is 0 Å². The number of carbonyl (C=O) groups excluding carboxylic acids is 2. The predicted molar refractivity (Wildman–Crippen MR) is 113 cm³/mol. The summed E-state index contributed by atoms with van der Waals surface area (Å²) in [5, 5.41) is 4.31. The first kappa shape index (κ1) is 17.5. The zero-order valence-corrected chi connectivity index (χ0v) is 16.4. The first-order chi connectivity index (χ1) is 13.8. The Balaban J connectivity index is 1.83. The molecule has 0 saturated heterocycles. The van der Waals surface area contributed by atoms with E-state index in [1.54, 1.807) is 24.3 Å². The molecule has 4 aromatic rings. The van der Waals surface area contributed by atoms with E-state index in [9.17, 15) is 9.59 Å². The van der Waals surface area contributed by atoms with Crippen molar-refractivity contribution in [3.63, 3.8) is 0 Å². The van der Waals surface area contributed by atoms with E-state index in [2.05, 4.69) is 10.3 Å². The monoisotopic (exact) mass is 384 g/mol. The molecule has 0 amide bonds. The van der Waals surface area contributed by atoms with E-state index in [0.29, 0.717) is 28.1 Å². The van der Waals surface area contributed by atoms with Gasteiger partial charge in [0.15, 0.2) is 11.5 Å². The molecule has 2 aromatic carbocycles. The van der Waals surface area contributed by atoms with Gasteiger partial charge in [0.25, 0.3) is 0 Å². The molecule has 0 aliphatic heterocycles. The molecule has 5 rings (SSSR count). The summed E-state index contributed by atoms with van der Waals surface area (Å²) in [4.78, 5) is 29.8. The van der Waals surface area contributed by atoms with E-state index >= 15 is 0 Å². The largest absolute Gasteiger partial charge is 0.436 e. The van der Waals surface area contributed by atoms with Gasteiger partial charge < -0.3 is 14.7 Å². The van der Waals surface area contributed by atoms with Gasteiger partial charge in [0.05, 0.1) is 11.1 Å². The second-order valence-electron chi connectivity index (χ2n) is 8.34. The fourth-order valence-corrected chi connectivity index (χ4v) is 3.91. The van der Waals surface area contributed by atoms with E-state index in [4.69, 9.17) is 4.42 Å². The topological polar surface area (TPSA) is 75.1 Å². The Bertz CT molecular complexity index is 1300. The van der Waals surface area contributed by atoms with Crippen LogP contribution in [0.1, 0.15) is 52.8 Å². The Hall–Kier alpha value is -3.60. The summed E-state index contributed by atoms with van der Waals surface area (Å²) in [5.74, 6) is 0.0712. The summed E-state index contributed by atoms with van der Waals surface area (Å²) in [7, 11) is 0. The summed E-state index contributed by atoms with van der Waals surface area (Å²) >= 11 is 0. The highest BCUT2D eigenvalue weighted by molar-refractivity contribution is 6.30. The van der Waals surface area contributed by atoms with Crippen molar-refractivity contribution in [3.8, 4) is 11.1 Å². The molecule has 0 saturated carbocycles. The average molecular weight is 384 g/mol. The molecule has 144 valence electrons. The summed E-state index contributed by atoms with van der Waals surface area (Å²) in [6.45, 7) is 6.02. The van der Waals surface area contributed by atoms with Gasteiger partial charge in [-0.15, -0.1) is 0 Å². The van der Waals surface area contributed by atoms with Crippen molar-refractivity contribution < 1.29 is 14.0 Å². The Morgan fingerprint density at radius 1 is 0.828 bits per heavy atom. The molecule has 29 heavy (non-hydrogen) atoms. The number of hydrogen-bond donors (Lipinski definition) is 2. The fourth-order valence-electron chi connectivity index (χ4n) is 3.91. The van der Waals surface area contributed by atoms with Crippen LogP contribution in [0.3, 0.4) is 0 Å². The normalized spacial score (nSPS) is 13.5. The number of nitrogens with one attached hydrogen (secondary N) is 2. The van der Waals surface area contributed by atoms with Crippen LogP contribution in [0.2, 0.25) is 0 Å². The summed E-state index contributed by atoms with van der Waals surface area (Å²) in [6, 6.07) is 14.8. The van der Waals surface area contributed by atoms with Crippen molar-refractivity contribution in [2.45, 2.75) is 26.3 Å². The molecule has 0 radical (unpaired) electrons. The SMILES string of the molecule is CC(C)(C)Nc1oc2c(c1-c1c[nH]c3ccccc13)C(=O)c1ccccc1C2=O. The molecule has 0 bridgehead atoms. The van der Waals surface area contributed by atoms with Crippen LogP contribution in [0.25, 0.3) is 22.0 Å². The van der Waals surface area contributed by atoms with Crippen molar-refractivity contribution in [2.24, 2.45) is 0 Å². The molecule has 0 unspecified atom stereocenters. The van der Waals surface area contributed by atoms with Gasteiger partial charge in [-0.2, -0.15) is 0 Å². The summed E-state index contributed by atoms with van der Waals surface area (Å²) < 4.78 is 6.03. The number of para-hydroxylation sites is 1. The van der Waals surface area contributed by atoms with Crippen LogP contribution in [0, 0.1) is 0 Å². The van der Waals surface area contributed by atoms with Crippen LogP contribution in [-0.2, 0) is 0 Å². The first-order valence-electron chi connectivity index (χ1n) is 9.55. The zero-order chi connectivity index (χ0) is 20.3. The Morgan fingerprint density at radius 3 is 2.21 bits per heavy atom. The molecule has 5 nitrogen and oxygen atoms in total. The molecule has 1 aliphatic carbocycles. The van der Waals surface area contributed by atoms with Gasteiger partial charge in [-0.25, -0.2) is 0 Å². The second-order valence-corrected chi connectivity index (χ2v) is 8.34. The van der Waals surface area contributed by atoms with Gasteiger partial charge in [0.2, 0.25) is 11.7 Å². The number of benzene rings is 2. The van der Waals surface area contributed by atoms with Crippen LogP contribution >= 0.6 is 0 Å². The van der Waals surface area contributed by atoms with Crippen molar-refractivity contribution in [2.75, 3.05) is 5.32 Å². The maximum atomic E-state index is 13.4. The third kappa shape index (κ3) is 2.62. The quantitative estimate of drug-likeness (QED) is 0.426. The van der Waals surface area contributed by atoms with Gasteiger partial charge in [-0.05, 0) is 26.8 Å². The Labute approximate surface area is 167 Å². The lowest BCUT2D eigenvalue weighted by molar-refractivity contribution is 0.0961. The van der Waals surface area contributed by atoms with Crippen molar-refractivity contribution in [3.05, 3.63) is 77.2 Å². The van der Waals surface area contributed by atoms with E-state index in [-0.39, 0.29) is 22.9 Å². The van der Waals surface area contributed by atoms with Crippen LogP contribution < -0.4 is 5.32 Å². The Kier molecular flexibility index (Phi) is 3.59. The van der Waals surface area contributed by atoms with Crippen LogP contribution in [0.4, 0.5) is 5.88 Å². The third-order valence-corrected chi connectivity index (χ3v) is 5.10. The third-order valence-electron chi connectivity index (χ3n) is 5.10.